The minimum atomic E-state index is -0.106. The number of hydrogen-bond donors (Lipinski definition) is 2. The van der Waals surface area contributed by atoms with Crippen LogP contribution >= 0.6 is 15.9 Å². The molecule has 21 heavy (non-hydrogen) atoms. The highest BCUT2D eigenvalue weighted by atomic mass is 79.9. The van der Waals surface area contributed by atoms with E-state index in [9.17, 15) is 0 Å². The lowest BCUT2D eigenvalue weighted by Crippen LogP contribution is -2.16. The van der Waals surface area contributed by atoms with E-state index in [0.717, 1.165) is 5.56 Å². The van der Waals surface area contributed by atoms with E-state index in [-0.39, 0.29) is 11.7 Å². The summed E-state index contributed by atoms with van der Waals surface area (Å²) in [6.07, 6.45) is 0. The van der Waals surface area contributed by atoms with Crippen LogP contribution in [0.2, 0.25) is 0 Å². The molecule has 0 saturated carbocycles. The second-order valence-corrected chi connectivity index (χ2v) is 5.26. The van der Waals surface area contributed by atoms with Crippen LogP contribution in [0.3, 0.4) is 0 Å². The molecular formula is C14H15BrN4O2. The van der Waals surface area contributed by atoms with E-state index in [1.54, 1.807) is 25.3 Å². The number of amidine groups is 1. The van der Waals surface area contributed by atoms with Crippen molar-refractivity contribution in [1.82, 2.24) is 10.2 Å². The minimum Gasteiger partial charge on any atom is -0.497 e. The zero-order valence-corrected chi connectivity index (χ0v) is 13.5. The summed E-state index contributed by atoms with van der Waals surface area (Å²) in [5.74, 6) is 1.34. The molecule has 0 amide bonds. The quantitative estimate of drug-likeness (QED) is 0.652. The fraction of sp³-hybridized carbons (Fsp3) is 0.214. The maximum Gasteiger partial charge on any atom is 0.250 e. The van der Waals surface area contributed by atoms with Gasteiger partial charge in [0.25, 0.3) is 0 Å². The van der Waals surface area contributed by atoms with Crippen LogP contribution in [0, 0.1) is 19.3 Å². The molecule has 0 radical (unpaired) electrons. The first kappa shape index (κ1) is 15.2. The third-order valence-electron chi connectivity index (χ3n) is 3.04. The molecule has 2 aromatic rings. The molecule has 110 valence electrons. The molecule has 1 aromatic heterocycles. The molecule has 0 bridgehead atoms. The van der Waals surface area contributed by atoms with Crippen molar-refractivity contribution in [3.05, 3.63) is 39.5 Å². The Hall–Kier alpha value is -2.15. The van der Waals surface area contributed by atoms with Crippen molar-refractivity contribution in [3.63, 3.8) is 0 Å². The van der Waals surface area contributed by atoms with Crippen molar-refractivity contribution in [3.8, 4) is 17.4 Å². The molecular weight excluding hydrogens is 336 g/mol. The fourth-order valence-corrected chi connectivity index (χ4v) is 2.21. The zero-order valence-electron chi connectivity index (χ0n) is 11.9. The van der Waals surface area contributed by atoms with Crippen molar-refractivity contribution in [1.29, 1.82) is 5.41 Å². The Morgan fingerprint density at radius 2 is 2.00 bits per heavy atom. The van der Waals surface area contributed by atoms with E-state index in [0.29, 0.717) is 27.2 Å². The number of halogens is 1. The molecule has 0 saturated heterocycles. The largest absolute Gasteiger partial charge is 0.497 e. The predicted molar refractivity (Wildman–Crippen MR) is 83.3 cm³/mol. The van der Waals surface area contributed by atoms with E-state index in [1.807, 2.05) is 13.8 Å². The summed E-state index contributed by atoms with van der Waals surface area (Å²) >= 11 is 3.40. The highest BCUT2D eigenvalue weighted by Gasteiger charge is 2.17. The summed E-state index contributed by atoms with van der Waals surface area (Å²) in [5.41, 5.74) is 7.56. The molecule has 7 heteroatoms. The normalized spacial score (nSPS) is 10.3. The summed E-state index contributed by atoms with van der Waals surface area (Å²) in [6.45, 7) is 3.64. The third kappa shape index (κ3) is 3.13. The summed E-state index contributed by atoms with van der Waals surface area (Å²) < 4.78 is 11.6. The number of benzene rings is 1. The lowest BCUT2D eigenvalue weighted by Gasteiger charge is -2.13. The van der Waals surface area contributed by atoms with Gasteiger partial charge in [0.1, 0.15) is 17.3 Å². The van der Waals surface area contributed by atoms with E-state index >= 15 is 0 Å². The molecule has 6 nitrogen and oxygen atoms in total. The molecule has 0 fully saturated rings. The van der Waals surface area contributed by atoms with Gasteiger partial charge in [-0.25, -0.2) is 0 Å². The van der Waals surface area contributed by atoms with Gasteiger partial charge >= 0.3 is 0 Å². The maximum atomic E-state index is 7.70. The van der Waals surface area contributed by atoms with Crippen molar-refractivity contribution >= 4 is 21.8 Å². The van der Waals surface area contributed by atoms with Gasteiger partial charge in [-0.3, -0.25) is 5.41 Å². The molecule has 3 N–H and O–H groups in total. The molecule has 0 aliphatic heterocycles. The average Bonchev–Trinajstić information content (AvgIpc) is 2.44. The topological polar surface area (TPSA) is 94.1 Å². The Kier molecular flexibility index (Phi) is 4.42. The summed E-state index contributed by atoms with van der Waals surface area (Å²) in [7, 11) is 1.59. The van der Waals surface area contributed by atoms with Gasteiger partial charge < -0.3 is 15.2 Å². The first-order chi connectivity index (χ1) is 9.93. The Morgan fingerprint density at radius 3 is 2.57 bits per heavy atom. The number of nitrogens with two attached hydrogens (primary N) is 1. The number of nitrogens with one attached hydrogen (secondary N) is 1. The van der Waals surface area contributed by atoms with Gasteiger partial charge in [0.05, 0.1) is 22.8 Å². The number of aryl methyl sites for hydroxylation is 1. The van der Waals surface area contributed by atoms with Crippen LogP contribution in [-0.4, -0.2) is 23.1 Å². The number of aromatic nitrogens is 2. The summed E-state index contributed by atoms with van der Waals surface area (Å²) in [4.78, 5) is 0. The standard InChI is InChI=1S/C14H15BrN4O2/c1-7-8(2)18-19-14(12(7)13(16)17)21-11-5-4-9(20-3)6-10(11)15/h4-6H,1-3H3,(H3,16,17). The molecule has 0 spiro atoms. The van der Waals surface area contributed by atoms with Gasteiger partial charge in [0.15, 0.2) is 0 Å². The van der Waals surface area contributed by atoms with Crippen molar-refractivity contribution < 1.29 is 9.47 Å². The SMILES string of the molecule is COc1ccc(Oc2nnc(C)c(C)c2C(=N)N)c(Br)c1. The second kappa shape index (κ2) is 6.09. The molecule has 0 aliphatic carbocycles. The molecule has 1 heterocycles. The molecule has 0 unspecified atom stereocenters. The van der Waals surface area contributed by atoms with Gasteiger partial charge in [-0.05, 0) is 53.5 Å². The zero-order chi connectivity index (χ0) is 15.6. The molecule has 2 rings (SSSR count). The minimum absolute atomic E-state index is 0.106. The number of nitrogen functional groups attached to an aromatic ring is 1. The van der Waals surface area contributed by atoms with E-state index in [2.05, 4.69) is 26.1 Å². The van der Waals surface area contributed by atoms with E-state index in [1.165, 1.54) is 0 Å². The molecule has 1 aromatic carbocycles. The van der Waals surface area contributed by atoms with Crippen molar-refractivity contribution in [2.24, 2.45) is 5.73 Å². The van der Waals surface area contributed by atoms with E-state index in [4.69, 9.17) is 20.6 Å². The first-order valence-corrected chi connectivity index (χ1v) is 6.93. The smallest absolute Gasteiger partial charge is 0.250 e. The Labute approximate surface area is 130 Å². The first-order valence-electron chi connectivity index (χ1n) is 6.13. The fourth-order valence-electron chi connectivity index (χ4n) is 1.77. The molecule has 0 aliphatic rings. The maximum absolute atomic E-state index is 7.70. The number of hydrogen-bond acceptors (Lipinski definition) is 5. The second-order valence-electron chi connectivity index (χ2n) is 4.40. The highest BCUT2D eigenvalue weighted by Crippen LogP contribution is 2.33. The van der Waals surface area contributed by atoms with Crippen LogP contribution in [-0.2, 0) is 0 Å². The van der Waals surface area contributed by atoms with Gasteiger partial charge in [-0.2, -0.15) is 5.10 Å². The predicted octanol–water partition coefficient (Wildman–Crippen LogP) is 2.94. The van der Waals surface area contributed by atoms with Gasteiger partial charge in [0.2, 0.25) is 5.88 Å². The van der Waals surface area contributed by atoms with Crippen LogP contribution in [0.1, 0.15) is 16.8 Å². The monoisotopic (exact) mass is 350 g/mol. The Bertz CT molecular complexity index is 704. The number of ether oxygens (including phenoxy) is 2. The highest BCUT2D eigenvalue weighted by molar-refractivity contribution is 9.10. The van der Waals surface area contributed by atoms with Crippen molar-refractivity contribution in [2.45, 2.75) is 13.8 Å². The van der Waals surface area contributed by atoms with Crippen LogP contribution in [0.25, 0.3) is 0 Å². The van der Waals surface area contributed by atoms with Crippen LogP contribution in [0.5, 0.6) is 17.4 Å². The summed E-state index contributed by atoms with van der Waals surface area (Å²) in [5, 5.41) is 15.7. The number of nitrogens with zero attached hydrogens (tertiary/aromatic N) is 2. The number of methoxy groups -OCH3 is 1. The van der Waals surface area contributed by atoms with Crippen LogP contribution in [0.15, 0.2) is 22.7 Å². The lowest BCUT2D eigenvalue weighted by atomic mass is 10.1. The summed E-state index contributed by atoms with van der Waals surface area (Å²) in [6, 6.07) is 5.28. The van der Waals surface area contributed by atoms with Gasteiger partial charge in [0, 0.05) is 0 Å². The Balaban J connectivity index is 2.45. The number of rotatable bonds is 4. The van der Waals surface area contributed by atoms with Crippen LogP contribution in [0.4, 0.5) is 0 Å². The van der Waals surface area contributed by atoms with Crippen molar-refractivity contribution in [2.75, 3.05) is 7.11 Å². The molecule has 0 atom stereocenters. The average molecular weight is 351 g/mol. The van der Waals surface area contributed by atoms with Gasteiger partial charge in [-0.15, -0.1) is 5.10 Å². The van der Waals surface area contributed by atoms with E-state index < -0.39 is 0 Å². The lowest BCUT2D eigenvalue weighted by molar-refractivity contribution is 0.410. The third-order valence-corrected chi connectivity index (χ3v) is 3.66. The Morgan fingerprint density at radius 1 is 1.29 bits per heavy atom. The van der Waals surface area contributed by atoms with Crippen LogP contribution < -0.4 is 15.2 Å². The van der Waals surface area contributed by atoms with Gasteiger partial charge in [-0.1, -0.05) is 0 Å².